The van der Waals surface area contributed by atoms with Crippen molar-refractivity contribution in [2.75, 3.05) is 13.7 Å². The minimum absolute atomic E-state index is 0.183. The van der Waals surface area contributed by atoms with Gasteiger partial charge in [0.2, 0.25) is 0 Å². The second kappa shape index (κ2) is 6.88. The Kier molecular flexibility index (Phi) is 4.66. The zero-order chi connectivity index (χ0) is 17.1. The summed E-state index contributed by atoms with van der Waals surface area (Å²) in [5.41, 5.74) is 1.84. The molecule has 3 rings (SSSR count). The summed E-state index contributed by atoms with van der Waals surface area (Å²) in [6.45, 7) is 0.351. The molecule has 7 heteroatoms. The number of hydrogen-bond acceptors (Lipinski definition) is 5. The Morgan fingerprint density at radius 2 is 2.12 bits per heavy atom. The largest absolute Gasteiger partial charge is 0.488 e. The molecular weight excluding hydrogens is 332 g/mol. The summed E-state index contributed by atoms with van der Waals surface area (Å²) in [6, 6.07) is 8.33. The molecule has 0 radical (unpaired) electrons. The van der Waals surface area contributed by atoms with E-state index in [2.05, 4.69) is 10.3 Å². The molecule has 0 fully saturated rings. The first-order chi connectivity index (χ1) is 11.6. The van der Waals surface area contributed by atoms with E-state index in [-0.39, 0.29) is 18.0 Å². The quantitative estimate of drug-likeness (QED) is 0.678. The zero-order valence-electron chi connectivity index (χ0n) is 12.9. The van der Waals surface area contributed by atoms with E-state index in [1.807, 2.05) is 0 Å². The van der Waals surface area contributed by atoms with Crippen LogP contribution in [-0.2, 0) is 11.2 Å². The maximum absolute atomic E-state index is 12.1. The molecule has 1 aliphatic rings. The van der Waals surface area contributed by atoms with Crippen LogP contribution in [0.5, 0.6) is 5.75 Å². The van der Waals surface area contributed by atoms with Gasteiger partial charge >= 0.3 is 5.97 Å². The van der Waals surface area contributed by atoms with Crippen molar-refractivity contribution in [1.82, 2.24) is 10.3 Å². The molecule has 2 aromatic rings. The lowest BCUT2D eigenvalue weighted by molar-refractivity contribution is 0.0600. The highest BCUT2D eigenvalue weighted by molar-refractivity contribution is 6.29. The first-order valence-electron chi connectivity index (χ1n) is 7.34. The third kappa shape index (κ3) is 3.49. The molecule has 24 heavy (non-hydrogen) atoms. The Morgan fingerprint density at radius 1 is 1.33 bits per heavy atom. The molecule has 2 heterocycles. The van der Waals surface area contributed by atoms with Gasteiger partial charge in [-0.25, -0.2) is 9.78 Å². The van der Waals surface area contributed by atoms with Crippen LogP contribution < -0.4 is 10.1 Å². The minimum atomic E-state index is -0.384. The highest BCUT2D eigenvalue weighted by atomic mass is 35.5. The predicted octanol–water partition coefficient (Wildman–Crippen LogP) is 2.26. The summed E-state index contributed by atoms with van der Waals surface area (Å²) < 4.78 is 10.5. The van der Waals surface area contributed by atoms with E-state index in [9.17, 15) is 9.59 Å². The number of fused-ring (bicyclic) bond motifs is 1. The average molecular weight is 347 g/mol. The maximum Gasteiger partial charge on any atom is 0.337 e. The smallest absolute Gasteiger partial charge is 0.337 e. The van der Waals surface area contributed by atoms with Gasteiger partial charge in [-0.1, -0.05) is 11.6 Å². The van der Waals surface area contributed by atoms with E-state index in [0.717, 1.165) is 11.3 Å². The van der Waals surface area contributed by atoms with Crippen molar-refractivity contribution in [1.29, 1.82) is 0 Å². The molecule has 0 saturated heterocycles. The Bertz CT molecular complexity index is 777. The van der Waals surface area contributed by atoms with E-state index in [0.29, 0.717) is 29.2 Å². The van der Waals surface area contributed by atoms with Gasteiger partial charge in [0.05, 0.1) is 24.8 Å². The van der Waals surface area contributed by atoms with Gasteiger partial charge in [0.1, 0.15) is 17.0 Å². The van der Waals surface area contributed by atoms with Crippen molar-refractivity contribution in [2.45, 2.75) is 12.5 Å². The number of ether oxygens (including phenoxy) is 2. The maximum atomic E-state index is 12.1. The number of carbonyl (C=O) groups excluding carboxylic acids is 2. The van der Waals surface area contributed by atoms with Crippen LogP contribution in [0, 0.1) is 0 Å². The van der Waals surface area contributed by atoms with Gasteiger partial charge in [0.25, 0.3) is 5.91 Å². The lowest BCUT2D eigenvalue weighted by Gasteiger charge is -2.11. The van der Waals surface area contributed by atoms with E-state index < -0.39 is 0 Å². The summed E-state index contributed by atoms with van der Waals surface area (Å²) in [7, 11) is 1.34. The van der Waals surface area contributed by atoms with E-state index in [4.69, 9.17) is 21.1 Å². The molecule has 1 N–H and O–H groups in total. The lowest BCUT2D eigenvalue weighted by atomic mass is 10.1. The van der Waals surface area contributed by atoms with Crippen molar-refractivity contribution in [3.8, 4) is 5.75 Å². The van der Waals surface area contributed by atoms with Gasteiger partial charge in [0, 0.05) is 12.6 Å². The Balaban J connectivity index is 1.59. The van der Waals surface area contributed by atoms with E-state index >= 15 is 0 Å². The molecule has 0 saturated carbocycles. The summed E-state index contributed by atoms with van der Waals surface area (Å²) in [5, 5.41) is 3.14. The van der Waals surface area contributed by atoms with Gasteiger partial charge in [0.15, 0.2) is 0 Å². The summed E-state index contributed by atoms with van der Waals surface area (Å²) in [5.74, 6) is 0.0915. The standard InChI is InChI=1S/C17H15ClN2O4/c1-23-17(22)10-2-4-14-12(6-10)7-13(24-14)9-20-16(21)11-3-5-15(18)19-8-11/h2-6,8,13H,7,9H2,1H3,(H,20,21). The molecule has 0 bridgehead atoms. The highest BCUT2D eigenvalue weighted by Crippen LogP contribution is 2.29. The average Bonchev–Trinajstić information content (AvgIpc) is 3.01. The van der Waals surface area contributed by atoms with Gasteiger partial charge in [-0.05, 0) is 35.9 Å². The molecule has 1 amide bonds. The zero-order valence-corrected chi connectivity index (χ0v) is 13.7. The van der Waals surface area contributed by atoms with Crippen LogP contribution in [-0.4, -0.2) is 36.6 Å². The number of methoxy groups -OCH3 is 1. The third-order valence-electron chi connectivity index (χ3n) is 3.70. The summed E-state index contributed by atoms with van der Waals surface area (Å²) >= 11 is 5.70. The fourth-order valence-corrected chi connectivity index (χ4v) is 2.61. The van der Waals surface area contributed by atoms with Crippen LogP contribution in [0.3, 0.4) is 0 Å². The summed E-state index contributed by atoms with van der Waals surface area (Å²) in [4.78, 5) is 27.5. The first-order valence-corrected chi connectivity index (χ1v) is 7.72. The topological polar surface area (TPSA) is 77.5 Å². The number of benzene rings is 1. The van der Waals surface area contributed by atoms with Crippen LogP contribution >= 0.6 is 11.6 Å². The number of esters is 1. The summed E-state index contributed by atoms with van der Waals surface area (Å²) in [6.07, 6.45) is 1.85. The minimum Gasteiger partial charge on any atom is -0.488 e. The number of nitrogens with one attached hydrogen (secondary N) is 1. The van der Waals surface area contributed by atoms with Crippen LogP contribution in [0.2, 0.25) is 5.15 Å². The molecule has 124 valence electrons. The van der Waals surface area contributed by atoms with Gasteiger partial charge in [-0.3, -0.25) is 4.79 Å². The number of carbonyl (C=O) groups is 2. The van der Waals surface area contributed by atoms with Crippen LogP contribution in [0.4, 0.5) is 0 Å². The fourth-order valence-electron chi connectivity index (χ4n) is 2.50. The third-order valence-corrected chi connectivity index (χ3v) is 3.93. The fraction of sp³-hybridized carbons (Fsp3) is 0.235. The van der Waals surface area contributed by atoms with Crippen molar-refractivity contribution in [3.63, 3.8) is 0 Å². The van der Waals surface area contributed by atoms with Crippen LogP contribution in [0.1, 0.15) is 26.3 Å². The second-order valence-corrected chi connectivity index (χ2v) is 5.72. The highest BCUT2D eigenvalue weighted by Gasteiger charge is 2.24. The molecule has 1 atom stereocenters. The van der Waals surface area contributed by atoms with Gasteiger partial charge in [-0.15, -0.1) is 0 Å². The Hall–Kier alpha value is -2.60. The Labute approximate surface area is 143 Å². The number of aromatic nitrogens is 1. The molecule has 0 aliphatic carbocycles. The number of halogens is 1. The van der Waals surface area contributed by atoms with E-state index in [1.54, 1.807) is 30.3 Å². The SMILES string of the molecule is COC(=O)c1ccc2c(c1)CC(CNC(=O)c1ccc(Cl)nc1)O2. The predicted molar refractivity (Wildman–Crippen MR) is 87.5 cm³/mol. The van der Waals surface area contributed by atoms with Crippen LogP contribution in [0.25, 0.3) is 0 Å². The van der Waals surface area contributed by atoms with Crippen molar-refractivity contribution in [3.05, 3.63) is 58.4 Å². The molecule has 0 spiro atoms. The van der Waals surface area contributed by atoms with Gasteiger partial charge in [-0.2, -0.15) is 0 Å². The normalized spacial score (nSPS) is 15.3. The first kappa shape index (κ1) is 16.3. The van der Waals surface area contributed by atoms with Crippen LogP contribution in [0.15, 0.2) is 36.5 Å². The van der Waals surface area contributed by atoms with Gasteiger partial charge < -0.3 is 14.8 Å². The number of amides is 1. The number of pyridine rings is 1. The number of rotatable bonds is 4. The van der Waals surface area contributed by atoms with E-state index in [1.165, 1.54) is 13.3 Å². The number of nitrogens with zero attached hydrogens (tertiary/aromatic N) is 1. The Morgan fingerprint density at radius 3 is 2.83 bits per heavy atom. The second-order valence-electron chi connectivity index (χ2n) is 5.34. The molecule has 1 unspecified atom stereocenters. The molecule has 6 nitrogen and oxygen atoms in total. The lowest BCUT2D eigenvalue weighted by Crippen LogP contribution is -2.34. The molecule has 1 aliphatic heterocycles. The molecule has 1 aromatic heterocycles. The number of hydrogen-bond donors (Lipinski definition) is 1. The van der Waals surface area contributed by atoms with Crippen molar-refractivity contribution < 1.29 is 19.1 Å². The van der Waals surface area contributed by atoms with Crippen molar-refractivity contribution >= 4 is 23.5 Å². The monoisotopic (exact) mass is 346 g/mol. The van der Waals surface area contributed by atoms with Crippen molar-refractivity contribution in [2.24, 2.45) is 0 Å². The molecule has 1 aromatic carbocycles. The molecular formula is C17H15ClN2O4.